The van der Waals surface area contributed by atoms with Gasteiger partial charge in [0.2, 0.25) is 0 Å². The second kappa shape index (κ2) is 7.22. The van der Waals surface area contributed by atoms with Gasteiger partial charge in [0.1, 0.15) is 11.6 Å². The Kier molecular flexibility index (Phi) is 4.62. The first kappa shape index (κ1) is 17.3. The molecule has 8 nitrogen and oxygen atoms in total. The quantitative estimate of drug-likeness (QED) is 0.760. The van der Waals surface area contributed by atoms with E-state index in [1.165, 1.54) is 6.07 Å². The van der Waals surface area contributed by atoms with Crippen molar-refractivity contribution in [2.24, 2.45) is 0 Å². The van der Waals surface area contributed by atoms with E-state index in [9.17, 15) is 9.59 Å². The van der Waals surface area contributed by atoms with Crippen LogP contribution in [0, 0.1) is 6.92 Å². The lowest BCUT2D eigenvalue weighted by Crippen LogP contribution is -2.39. The zero-order valence-electron chi connectivity index (χ0n) is 15.1. The zero-order chi connectivity index (χ0) is 18.8. The molecule has 4 rings (SSSR count). The number of carbonyl (C=O) groups is 1. The average molecular weight is 367 g/mol. The van der Waals surface area contributed by atoms with Gasteiger partial charge in [-0.3, -0.25) is 9.59 Å². The van der Waals surface area contributed by atoms with Gasteiger partial charge in [0, 0.05) is 37.5 Å². The Balaban J connectivity index is 1.47. The second-order valence-corrected chi connectivity index (χ2v) is 6.85. The van der Waals surface area contributed by atoms with Gasteiger partial charge in [0.05, 0.1) is 18.6 Å². The summed E-state index contributed by atoms with van der Waals surface area (Å²) in [5, 5.41) is 0. The molecule has 0 saturated carbocycles. The van der Waals surface area contributed by atoms with Gasteiger partial charge in [0.15, 0.2) is 5.76 Å². The number of likely N-dealkylation sites (tertiary alicyclic amines) is 1. The Morgan fingerprint density at radius 2 is 2.30 bits per heavy atom. The SMILES string of the molecule is Cc1nc([C@@H]2CCCN(C(=O)c3ccc(Cn4ccnc4)o3)C2)cc(=O)[nH]1. The van der Waals surface area contributed by atoms with Crippen LogP contribution in [0.15, 0.2) is 46.1 Å². The third kappa shape index (κ3) is 3.84. The molecule has 1 fully saturated rings. The molecule has 0 bridgehead atoms. The predicted molar refractivity (Wildman–Crippen MR) is 97.5 cm³/mol. The Labute approximate surface area is 155 Å². The number of imidazole rings is 1. The van der Waals surface area contributed by atoms with Crippen molar-refractivity contribution >= 4 is 5.91 Å². The first-order valence-electron chi connectivity index (χ1n) is 9.00. The number of hydrogen-bond acceptors (Lipinski definition) is 5. The molecule has 1 aliphatic rings. The van der Waals surface area contributed by atoms with Gasteiger partial charge >= 0.3 is 0 Å². The molecule has 1 saturated heterocycles. The van der Waals surface area contributed by atoms with E-state index in [1.54, 1.807) is 30.4 Å². The lowest BCUT2D eigenvalue weighted by molar-refractivity contribution is 0.0671. The molecule has 140 valence electrons. The highest BCUT2D eigenvalue weighted by atomic mass is 16.4. The molecule has 1 aliphatic heterocycles. The molecule has 4 heterocycles. The summed E-state index contributed by atoms with van der Waals surface area (Å²) in [6.07, 6.45) is 7.02. The van der Waals surface area contributed by atoms with Crippen molar-refractivity contribution in [3.63, 3.8) is 0 Å². The van der Waals surface area contributed by atoms with E-state index in [-0.39, 0.29) is 17.4 Å². The number of aryl methyl sites for hydroxylation is 1. The number of amides is 1. The van der Waals surface area contributed by atoms with Crippen LogP contribution >= 0.6 is 0 Å². The van der Waals surface area contributed by atoms with E-state index in [0.717, 1.165) is 18.5 Å². The topological polar surface area (TPSA) is 97.0 Å². The van der Waals surface area contributed by atoms with Crippen molar-refractivity contribution in [2.75, 3.05) is 13.1 Å². The Morgan fingerprint density at radius 3 is 3.07 bits per heavy atom. The van der Waals surface area contributed by atoms with E-state index in [1.807, 2.05) is 16.8 Å². The van der Waals surface area contributed by atoms with Crippen LogP contribution < -0.4 is 5.56 Å². The van der Waals surface area contributed by atoms with Crippen molar-refractivity contribution in [3.05, 3.63) is 70.3 Å². The highest BCUT2D eigenvalue weighted by Gasteiger charge is 2.28. The molecule has 1 N–H and O–H groups in total. The van der Waals surface area contributed by atoms with E-state index >= 15 is 0 Å². The second-order valence-electron chi connectivity index (χ2n) is 6.85. The summed E-state index contributed by atoms with van der Waals surface area (Å²) in [5.74, 6) is 1.57. The average Bonchev–Trinajstić information content (AvgIpc) is 3.33. The monoisotopic (exact) mass is 367 g/mol. The first-order chi connectivity index (χ1) is 13.1. The van der Waals surface area contributed by atoms with E-state index in [0.29, 0.717) is 37.0 Å². The van der Waals surface area contributed by atoms with Crippen LogP contribution in [0.2, 0.25) is 0 Å². The number of hydrogen-bond donors (Lipinski definition) is 1. The minimum atomic E-state index is -0.156. The zero-order valence-corrected chi connectivity index (χ0v) is 15.1. The molecule has 1 atom stereocenters. The number of carbonyl (C=O) groups excluding carboxylic acids is 1. The van der Waals surface area contributed by atoms with E-state index in [2.05, 4.69) is 15.0 Å². The van der Waals surface area contributed by atoms with Crippen LogP contribution in [0.25, 0.3) is 0 Å². The van der Waals surface area contributed by atoms with Gasteiger partial charge in [-0.25, -0.2) is 9.97 Å². The number of aromatic amines is 1. The summed E-state index contributed by atoms with van der Waals surface area (Å²) >= 11 is 0. The smallest absolute Gasteiger partial charge is 0.289 e. The van der Waals surface area contributed by atoms with E-state index in [4.69, 9.17) is 4.42 Å². The third-order valence-electron chi connectivity index (χ3n) is 4.78. The number of aromatic nitrogens is 4. The fourth-order valence-corrected chi connectivity index (χ4v) is 3.51. The maximum atomic E-state index is 12.9. The normalized spacial score (nSPS) is 17.2. The van der Waals surface area contributed by atoms with Gasteiger partial charge in [-0.2, -0.15) is 0 Å². The Morgan fingerprint density at radius 1 is 1.41 bits per heavy atom. The summed E-state index contributed by atoms with van der Waals surface area (Å²) in [7, 11) is 0. The van der Waals surface area contributed by atoms with Crippen LogP contribution in [0.3, 0.4) is 0 Å². The lowest BCUT2D eigenvalue weighted by atomic mass is 9.94. The Hall–Kier alpha value is -3.16. The van der Waals surface area contributed by atoms with Gasteiger partial charge in [0.25, 0.3) is 11.5 Å². The standard InChI is InChI=1S/C19H21N5O3/c1-13-21-16(9-18(25)22-13)14-3-2-7-24(10-14)19(26)17-5-4-15(27-17)11-23-8-6-20-12-23/h4-6,8-9,12,14H,2-3,7,10-11H2,1H3,(H,21,22,25)/t14-/m1/s1. The lowest BCUT2D eigenvalue weighted by Gasteiger charge is -2.32. The van der Waals surface area contributed by atoms with Gasteiger partial charge in [-0.1, -0.05) is 0 Å². The molecular weight excluding hydrogens is 346 g/mol. The van der Waals surface area contributed by atoms with Crippen LogP contribution in [0.4, 0.5) is 0 Å². The van der Waals surface area contributed by atoms with Crippen molar-refractivity contribution in [3.8, 4) is 0 Å². The van der Waals surface area contributed by atoms with Crippen LogP contribution in [-0.2, 0) is 6.54 Å². The first-order valence-corrected chi connectivity index (χ1v) is 9.00. The summed E-state index contributed by atoms with van der Waals surface area (Å²) in [5.41, 5.74) is 0.588. The minimum absolute atomic E-state index is 0.0593. The van der Waals surface area contributed by atoms with Crippen molar-refractivity contribution < 1.29 is 9.21 Å². The Bertz CT molecular complexity index is 989. The van der Waals surface area contributed by atoms with Gasteiger partial charge < -0.3 is 18.9 Å². The molecule has 0 unspecified atom stereocenters. The fraction of sp³-hybridized carbons (Fsp3) is 0.368. The number of furan rings is 1. The van der Waals surface area contributed by atoms with Crippen LogP contribution in [-0.4, -0.2) is 43.4 Å². The maximum absolute atomic E-state index is 12.9. The number of nitrogens with zero attached hydrogens (tertiary/aromatic N) is 4. The summed E-state index contributed by atoms with van der Waals surface area (Å²) in [6.45, 7) is 3.51. The molecule has 3 aromatic heterocycles. The van der Waals surface area contributed by atoms with Crippen molar-refractivity contribution in [1.82, 2.24) is 24.4 Å². The van der Waals surface area contributed by atoms with Crippen LogP contribution in [0.1, 0.15) is 46.6 Å². The highest BCUT2D eigenvalue weighted by Crippen LogP contribution is 2.26. The number of piperidine rings is 1. The molecule has 0 spiro atoms. The molecule has 8 heteroatoms. The molecule has 0 aromatic carbocycles. The number of rotatable bonds is 4. The van der Waals surface area contributed by atoms with E-state index < -0.39 is 0 Å². The molecule has 3 aromatic rings. The molecule has 27 heavy (non-hydrogen) atoms. The summed E-state index contributed by atoms with van der Waals surface area (Å²) < 4.78 is 7.62. The molecule has 0 radical (unpaired) electrons. The highest BCUT2D eigenvalue weighted by molar-refractivity contribution is 5.91. The molecule has 0 aliphatic carbocycles. The minimum Gasteiger partial charge on any atom is -0.454 e. The maximum Gasteiger partial charge on any atom is 0.289 e. The van der Waals surface area contributed by atoms with Gasteiger partial charge in [-0.05, 0) is 31.9 Å². The largest absolute Gasteiger partial charge is 0.454 e. The van der Waals surface area contributed by atoms with Crippen LogP contribution in [0.5, 0.6) is 0 Å². The summed E-state index contributed by atoms with van der Waals surface area (Å²) in [6, 6.07) is 5.06. The molecular formula is C19H21N5O3. The summed E-state index contributed by atoms with van der Waals surface area (Å²) in [4.78, 5) is 37.5. The fourth-order valence-electron chi connectivity index (χ4n) is 3.51. The van der Waals surface area contributed by atoms with Crippen molar-refractivity contribution in [2.45, 2.75) is 32.2 Å². The number of nitrogens with one attached hydrogen (secondary N) is 1. The predicted octanol–water partition coefficient (Wildman–Crippen LogP) is 1.94. The molecule has 1 amide bonds. The number of H-pyrrole nitrogens is 1. The third-order valence-corrected chi connectivity index (χ3v) is 4.78. The van der Waals surface area contributed by atoms with Crippen molar-refractivity contribution in [1.29, 1.82) is 0 Å². The van der Waals surface area contributed by atoms with Gasteiger partial charge in [-0.15, -0.1) is 0 Å².